The van der Waals surface area contributed by atoms with Gasteiger partial charge in [-0.15, -0.1) is 0 Å². The van der Waals surface area contributed by atoms with E-state index < -0.39 is 17.7 Å². The number of fused-ring (bicyclic) bond motifs is 1. The molecule has 0 fully saturated rings. The maximum Gasteiger partial charge on any atom is 0.305 e. The molecule has 3 aromatic rings. The highest BCUT2D eigenvalue weighted by Gasteiger charge is 2.28. The normalized spacial score (nSPS) is 13.8. The van der Waals surface area contributed by atoms with Crippen LogP contribution in [0.4, 0.5) is 0 Å². The fraction of sp³-hybridized carbons (Fsp3) is 0.167. The van der Waals surface area contributed by atoms with Crippen molar-refractivity contribution in [2.75, 3.05) is 0 Å². The lowest BCUT2D eigenvalue weighted by Gasteiger charge is -2.13. The summed E-state index contributed by atoms with van der Waals surface area (Å²) in [6.07, 6.45) is 1.96. The molecule has 10 heteroatoms. The smallest absolute Gasteiger partial charge is 0.305 e. The SMILES string of the molecule is Cc1c(C(=O)NNC(=O)c2ccccc2Cl)oc2c1/C(=N/NC(=O)c1ccccc1Cl)CCC2. The molecule has 34 heavy (non-hydrogen) atoms. The summed E-state index contributed by atoms with van der Waals surface area (Å²) in [4.78, 5) is 37.5. The molecule has 0 bridgehead atoms. The topological polar surface area (TPSA) is 113 Å². The van der Waals surface area contributed by atoms with Gasteiger partial charge in [-0.05, 0) is 44.0 Å². The highest BCUT2D eigenvalue weighted by molar-refractivity contribution is 6.34. The number of hydrogen-bond acceptors (Lipinski definition) is 5. The number of hydrogen-bond donors (Lipinski definition) is 3. The van der Waals surface area contributed by atoms with Gasteiger partial charge in [-0.3, -0.25) is 25.2 Å². The molecule has 0 saturated carbocycles. The van der Waals surface area contributed by atoms with Gasteiger partial charge in [-0.2, -0.15) is 5.10 Å². The second-order valence-electron chi connectivity index (χ2n) is 7.58. The fourth-order valence-corrected chi connectivity index (χ4v) is 4.15. The second kappa shape index (κ2) is 10.1. The zero-order valence-electron chi connectivity index (χ0n) is 18.1. The van der Waals surface area contributed by atoms with Crippen LogP contribution in [0.25, 0.3) is 0 Å². The average Bonchev–Trinajstić information content (AvgIpc) is 3.18. The Morgan fingerprint density at radius 1 is 0.853 bits per heavy atom. The number of nitrogens with zero attached hydrogens (tertiary/aromatic N) is 1. The van der Waals surface area contributed by atoms with Crippen molar-refractivity contribution in [1.82, 2.24) is 16.3 Å². The van der Waals surface area contributed by atoms with Gasteiger partial charge in [-0.1, -0.05) is 47.5 Å². The predicted octanol–water partition coefficient (Wildman–Crippen LogP) is 4.44. The van der Waals surface area contributed by atoms with E-state index in [-0.39, 0.29) is 16.3 Å². The first-order chi connectivity index (χ1) is 16.4. The first-order valence-corrected chi connectivity index (χ1v) is 11.2. The third kappa shape index (κ3) is 4.83. The van der Waals surface area contributed by atoms with E-state index in [9.17, 15) is 14.4 Å². The van der Waals surface area contributed by atoms with Crippen molar-refractivity contribution in [3.63, 3.8) is 0 Å². The second-order valence-corrected chi connectivity index (χ2v) is 8.39. The lowest BCUT2D eigenvalue weighted by Crippen LogP contribution is -2.41. The quantitative estimate of drug-likeness (QED) is 0.461. The number of furan rings is 1. The Bertz CT molecular complexity index is 1320. The molecule has 0 saturated heterocycles. The fourth-order valence-electron chi connectivity index (χ4n) is 3.70. The minimum atomic E-state index is -0.619. The van der Waals surface area contributed by atoms with Gasteiger partial charge in [0.2, 0.25) is 0 Å². The van der Waals surface area contributed by atoms with Crippen molar-refractivity contribution >= 4 is 46.6 Å². The zero-order chi connectivity index (χ0) is 24.2. The number of carbonyl (C=O) groups excluding carboxylic acids is 3. The van der Waals surface area contributed by atoms with E-state index in [1.165, 1.54) is 0 Å². The summed E-state index contributed by atoms with van der Waals surface area (Å²) in [5, 5.41) is 4.87. The van der Waals surface area contributed by atoms with E-state index in [4.69, 9.17) is 27.6 Å². The number of carbonyl (C=O) groups is 3. The molecular formula is C24H20Cl2N4O4. The van der Waals surface area contributed by atoms with Crippen molar-refractivity contribution < 1.29 is 18.8 Å². The van der Waals surface area contributed by atoms with Crippen LogP contribution in [0.15, 0.2) is 58.0 Å². The number of amides is 3. The summed E-state index contributed by atoms with van der Waals surface area (Å²) in [7, 11) is 0. The lowest BCUT2D eigenvalue weighted by atomic mass is 9.93. The molecule has 1 aromatic heterocycles. The van der Waals surface area contributed by atoms with Gasteiger partial charge < -0.3 is 4.42 Å². The molecule has 1 heterocycles. The Kier molecular flexibility index (Phi) is 7.00. The van der Waals surface area contributed by atoms with E-state index in [2.05, 4.69) is 21.4 Å². The van der Waals surface area contributed by atoms with Crippen molar-refractivity contribution in [2.45, 2.75) is 26.2 Å². The van der Waals surface area contributed by atoms with Crippen LogP contribution >= 0.6 is 23.2 Å². The monoisotopic (exact) mass is 498 g/mol. The molecule has 1 aliphatic rings. The number of nitrogens with one attached hydrogen (secondary N) is 3. The molecule has 0 radical (unpaired) electrons. The lowest BCUT2D eigenvalue weighted by molar-refractivity contribution is 0.0829. The largest absolute Gasteiger partial charge is 0.455 e. The number of halogens is 2. The number of hydrazone groups is 1. The van der Waals surface area contributed by atoms with Crippen LogP contribution in [-0.4, -0.2) is 23.4 Å². The van der Waals surface area contributed by atoms with E-state index in [1.807, 2.05) is 0 Å². The standard InChI is InChI=1S/C24H20Cl2N4O4/c1-13-20-18(27-28-22(31)14-7-2-4-9-16(14)25)11-6-12-19(20)34-21(13)24(33)30-29-23(32)15-8-3-5-10-17(15)26/h2-5,7-10H,6,11-12H2,1H3,(H,28,31)(H,29,32)(H,30,33)/b27-18+. The Labute approximate surface area is 205 Å². The average molecular weight is 499 g/mol. The summed E-state index contributed by atoms with van der Waals surface area (Å²) in [5.41, 5.74) is 9.59. The molecule has 4 rings (SSSR count). The molecule has 0 unspecified atom stereocenters. The van der Waals surface area contributed by atoms with Crippen molar-refractivity contribution in [2.24, 2.45) is 5.10 Å². The van der Waals surface area contributed by atoms with E-state index in [0.717, 1.165) is 6.42 Å². The van der Waals surface area contributed by atoms with E-state index >= 15 is 0 Å². The van der Waals surface area contributed by atoms with Gasteiger partial charge in [0.25, 0.3) is 11.8 Å². The summed E-state index contributed by atoms with van der Waals surface area (Å²) in [5.74, 6) is -0.968. The van der Waals surface area contributed by atoms with Crippen LogP contribution in [0.5, 0.6) is 0 Å². The van der Waals surface area contributed by atoms with Crippen LogP contribution in [0.1, 0.15) is 61.0 Å². The van der Waals surface area contributed by atoms with Gasteiger partial charge in [-0.25, -0.2) is 5.43 Å². The first kappa shape index (κ1) is 23.5. The molecule has 2 aromatic carbocycles. The molecule has 0 aliphatic heterocycles. The third-order valence-electron chi connectivity index (χ3n) is 5.35. The maximum atomic E-state index is 12.7. The highest BCUT2D eigenvalue weighted by atomic mass is 35.5. The maximum absolute atomic E-state index is 12.7. The van der Waals surface area contributed by atoms with Gasteiger partial charge in [0, 0.05) is 17.5 Å². The molecule has 3 amide bonds. The number of aryl methyl sites for hydroxylation is 1. The van der Waals surface area contributed by atoms with Crippen LogP contribution in [0, 0.1) is 6.92 Å². The van der Waals surface area contributed by atoms with E-state index in [0.29, 0.717) is 46.0 Å². The number of rotatable bonds is 4. The number of hydrazine groups is 1. The Morgan fingerprint density at radius 2 is 1.44 bits per heavy atom. The molecular weight excluding hydrogens is 479 g/mol. The van der Waals surface area contributed by atoms with Crippen molar-refractivity contribution in [3.8, 4) is 0 Å². The predicted molar refractivity (Wildman–Crippen MR) is 128 cm³/mol. The molecule has 0 spiro atoms. The minimum absolute atomic E-state index is 0.0523. The van der Waals surface area contributed by atoms with Gasteiger partial charge in [0.1, 0.15) is 5.76 Å². The van der Waals surface area contributed by atoms with Crippen LogP contribution in [0.3, 0.4) is 0 Å². The van der Waals surface area contributed by atoms with Crippen LogP contribution < -0.4 is 16.3 Å². The zero-order valence-corrected chi connectivity index (χ0v) is 19.6. The Morgan fingerprint density at radius 3 is 2.09 bits per heavy atom. The molecule has 0 atom stereocenters. The highest BCUT2D eigenvalue weighted by Crippen LogP contribution is 2.30. The Hall–Kier alpha value is -3.62. The summed E-state index contributed by atoms with van der Waals surface area (Å²) in [6.45, 7) is 1.73. The molecule has 3 N–H and O–H groups in total. The van der Waals surface area contributed by atoms with Crippen molar-refractivity contribution in [3.05, 3.63) is 92.4 Å². The Balaban J connectivity index is 1.50. The third-order valence-corrected chi connectivity index (χ3v) is 6.01. The first-order valence-electron chi connectivity index (χ1n) is 10.5. The molecule has 8 nitrogen and oxygen atoms in total. The number of benzene rings is 2. The van der Waals surface area contributed by atoms with Gasteiger partial charge in [0.05, 0.1) is 26.9 Å². The summed E-state index contributed by atoms with van der Waals surface area (Å²) < 4.78 is 5.80. The molecule has 1 aliphatic carbocycles. The minimum Gasteiger partial charge on any atom is -0.455 e. The van der Waals surface area contributed by atoms with Crippen LogP contribution in [-0.2, 0) is 6.42 Å². The van der Waals surface area contributed by atoms with Crippen LogP contribution in [0.2, 0.25) is 10.0 Å². The summed E-state index contributed by atoms with van der Waals surface area (Å²) >= 11 is 12.1. The summed E-state index contributed by atoms with van der Waals surface area (Å²) in [6, 6.07) is 13.2. The van der Waals surface area contributed by atoms with Gasteiger partial charge in [0.15, 0.2) is 5.76 Å². The van der Waals surface area contributed by atoms with E-state index in [1.54, 1.807) is 55.5 Å². The van der Waals surface area contributed by atoms with Crippen molar-refractivity contribution in [1.29, 1.82) is 0 Å². The van der Waals surface area contributed by atoms with Gasteiger partial charge >= 0.3 is 5.91 Å². The molecule has 174 valence electrons.